The minimum absolute atomic E-state index is 0.0126. The van der Waals surface area contributed by atoms with E-state index in [1.165, 1.54) is 17.3 Å². The zero-order valence-corrected chi connectivity index (χ0v) is 12.1. The van der Waals surface area contributed by atoms with E-state index in [0.717, 1.165) is 0 Å². The van der Waals surface area contributed by atoms with Crippen molar-refractivity contribution in [1.29, 1.82) is 0 Å². The van der Waals surface area contributed by atoms with Gasteiger partial charge in [0.05, 0.1) is 17.1 Å². The zero-order valence-electron chi connectivity index (χ0n) is 11.3. The number of amides is 2. The predicted octanol–water partition coefficient (Wildman–Crippen LogP) is 1.72. The molecule has 0 aliphatic rings. The molecule has 1 rings (SSSR count). The van der Waals surface area contributed by atoms with E-state index in [2.05, 4.69) is 10.3 Å². The molecular weight excluding hydrogens is 266 g/mol. The first kappa shape index (κ1) is 15.4. The number of pyridine rings is 1. The molecule has 19 heavy (non-hydrogen) atoms. The summed E-state index contributed by atoms with van der Waals surface area (Å²) in [7, 11) is 0. The Bertz CT molecular complexity index is 463. The minimum Gasteiger partial charge on any atom is -0.352 e. The molecule has 0 saturated heterocycles. The Hall–Kier alpha value is -1.62. The highest BCUT2D eigenvalue weighted by Gasteiger charge is 2.19. The van der Waals surface area contributed by atoms with Crippen molar-refractivity contribution in [2.24, 2.45) is 0 Å². The van der Waals surface area contributed by atoms with E-state index in [1.807, 2.05) is 20.8 Å². The molecule has 5 nitrogen and oxygen atoms in total. The van der Waals surface area contributed by atoms with Crippen molar-refractivity contribution < 1.29 is 9.59 Å². The van der Waals surface area contributed by atoms with Crippen molar-refractivity contribution in [3.63, 3.8) is 0 Å². The average Bonchev–Trinajstić information content (AvgIpc) is 2.35. The lowest BCUT2D eigenvalue weighted by Crippen LogP contribution is -2.42. The maximum absolute atomic E-state index is 12.2. The molecule has 0 bridgehead atoms. The molecule has 2 amide bonds. The third kappa shape index (κ3) is 4.52. The molecule has 0 atom stereocenters. The monoisotopic (exact) mass is 283 g/mol. The molecule has 0 aromatic carbocycles. The van der Waals surface area contributed by atoms with Gasteiger partial charge < -0.3 is 10.2 Å². The predicted molar refractivity (Wildman–Crippen MR) is 74.1 cm³/mol. The van der Waals surface area contributed by atoms with Crippen molar-refractivity contribution in [3.8, 4) is 0 Å². The van der Waals surface area contributed by atoms with Gasteiger partial charge in [-0.1, -0.05) is 11.6 Å². The van der Waals surface area contributed by atoms with Gasteiger partial charge in [0.1, 0.15) is 0 Å². The van der Waals surface area contributed by atoms with Crippen LogP contribution >= 0.6 is 11.6 Å². The van der Waals surface area contributed by atoms with Gasteiger partial charge in [-0.25, -0.2) is 0 Å². The highest BCUT2D eigenvalue weighted by molar-refractivity contribution is 6.33. The molecule has 0 unspecified atom stereocenters. The zero-order chi connectivity index (χ0) is 14.4. The van der Waals surface area contributed by atoms with E-state index in [4.69, 9.17) is 11.6 Å². The van der Waals surface area contributed by atoms with E-state index in [9.17, 15) is 9.59 Å². The summed E-state index contributed by atoms with van der Waals surface area (Å²) in [5, 5.41) is 3.08. The van der Waals surface area contributed by atoms with Crippen molar-refractivity contribution in [1.82, 2.24) is 15.2 Å². The van der Waals surface area contributed by atoms with E-state index < -0.39 is 0 Å². The summed E-state index contributed by atoms with van der Waals surface area (Å²) in [5.74, 6) is -0.482. The minimum atomic E-state index is -0.292. The van der Waals surface area contributed by atoms with Gasteiger partial charge in [0, 0.05) is 25.0 Å². The molecule has 0 spiro atoms. The van der Waals surface area contributed by atoms with Crippen molar-refractivity contribution in [3.05, 3.63) is 29.0 Å². The SMILES string of the molecule is CCN(CC(=O)NC(C)C)C(=O)c1cnccc1Cl. The van der Waals surface area contributed by atoms with Gasteiger partial charge in [0.15, 0.2) is 0 Å². The first-order valence-electron chi connectivity index (χ1n) is 6.13. The van der Waals surface area contributed by atoms with E-state index in [1.54, 1.807) is 6.07 Å². The number of hydrogen-bond donors (Lipinski definition) is 1. The standard InChI is InChI=1S/C13H18ClN3O2/c1-4-17(8-12(18)16-9(2)3)13(19)10-7-15-6-5-11(10)14/h5-7,9H,4,8H2,1-3H3,(H,16,18). The smallest absolute Gasteiger partial charge is 0.257 e. The molecule has 1 N–H and O–H groups in total. The van der Waals surface area contributed by atoms with Gasteiger partial charge in [-0.05, 0) is 26.8 Å². The largest absolute Gasteiger partial charge is 0.352 e. The fraction of sp³-hybridized carbons (Fsp3) is 0.462. The molecule has 6 heteroatoms. The number of carbonyl (C=O) groups excluding carboxylic acids is 2. The van der Waals surface area contributed by atoms with Crippen LogP contribution in [0.4, 0.5) is 0 Å². The van der Waals surface area contributed by atoms with Crippen LogP contribution < -0.4 is 5.32 Å². The van der Waals surface area contributed by atoms with Gasteiger partial charge in [0.2, 0.25) is 5.91 Å². The molecule has 1 aromatic heterocycles. The fourth-order valence-corrected chi connectivity index (χ4v) is 1.76. The van der Waals surface area contributed by atoms with Crippen LogP contribution in [-0.4, -0.2) is 40.8 Å². The highest BCUT2D eigenvalue weighted by atomic mass is 35.5. The van der Waals surface area contributed by atoms with E-state index in [-0.39, 0.29) is 24.4 Å². The van der Waals surface area contributed by atoms with Crippen LogP contribution in [0.2, 0.25) is 5.02 Å². The Labute approximate surface area is 118 Å². The molecule has 1 heterocycles. The number of hydrogen-bond acceptors (Lipinski definition) is 3. The number of halogens is 1. The molecule has 0 radical (unpaired) electrons. The Kier molecular flexibility index (Phi) is 5.76. The maximum Gasteiger partial charge on any atom is 0.257 e. The van der Waals surface area contributed by atoms with Crippen LogP contribution in [0.25, 0.3) is 0 Å². The Balaban J connectivity index is 2.78. The topological polar surface area (TPSA) is 62.3 Å². The normalized spacial score (nSPS) is 10.4. The summed E-state index contributed by atoms with van der Waals surface area (Å²) in [6.07, 6.45) is 2.93. The number of aromatic nitrogens is 1. The number of nitrogens with zero attached hydrogens (tertiary/aromatic N) is 2. The molecular formula is C13H18ClN3O2. The van der Waals surface area contributed by atoms with Crippen LogP contribution in [0.3, 0.4) is 0 Å². The first-order chi connectivity index (χ1) is 8.95. The van der Waals surface area contributed by atoms with Gasteiger partial charge in [-0.2, -0.15) is 0 Å². The summed E-state index contributed by atoms with van der Waals surface area (Å²) in [6.45, 7) is 5.99. The van der Waals surface area contributed by atoms with Gasteiger partial charge in [-0.3, -0.25) is 14.6 Å². The van der Waals surface area contributed by atoms with E-state index >= 15 is 0 Å². The quantitative estimate of drug-likeness (QED) is 0.895. The number of nitrogens with one attached hydrogen (secondary N) is 1. The Morgan fingerprint density at radius 3 is 2.68 bits per heavy atom. The summed E-state index contributed by atoms with van der Waals surface area (Å²) in [4.78, 5) is 29.2. The Morgan fingerprint density at radius 2 is 2.16 bits per heavy atom. The van der Waals surface area contributed by atoms with Crippen LogP contribution in [0.15, 0.2) is 18.5 Å². The second kappa shape index (κ2) is 7.09. The molecule has 1 aromatic rings. The third-order valence-electron chi connectivity index (χ3n) is 2.45. The van der Waals surface area contributed by atoms with Gasteiger partial charge >= 0.3 is 0 Å². The number of likely N-dealkylation sites (N-methyl/N-ethyl adjacent to an activating group) is 1. The Morgan fingerprint density at radius 1 is 1.47 bits per heavy atom. The lowest BCUT2D eigenvalue weighted by molar-refractivity contribution is -0.122. The fourth-order valence-electron chi connectivity index (χ4n) is 1.57. The highest BCUT2D eigenvalue weighted by Crippen LogP contribution is 2.15. The number of carbonyl (C=O) groups is 2. The summed E-state index contributed by atoms with van der Waals surface area (Å²) >= 11 is 5.95. The molecule has 0 aliphatic heterocycles. The van der Waals surface area contributed by atoms with Gasteiger partial charge in [0.25, 0.3) is 5.91 Å². The second-order valence-corrected chi connectivity index (χ2v) is 4.80. The summed E-state index contributed by atoms with van der Waals surface area (Å²) in [6, 6.07) is 1.60. The van der Waals surface area contributed by atoms with Crippen LogP contribution in [-0.2, 0) is 4.79 Å². The number of rotatable bonds is 5. The van der Waals surface area contributed by atoms with Crippen molar-refractivity contribution in [2.75, 3.05) is 13.1 Å². The van der Waals surface area contributed by atoms with Crippen LogP contribution in [0, 0.1) is 0 Å². The summed E-state index contributed by atoms with van der Waals surface area (Å²) in [5.41, 5.74) is 0.309. The molecule has 0 aliphatic carbocycles. The van der Waals surface area contributed by atoms with E-state index in [0.29, 0.717) is 17.1 Å². The lowest BCUT2D eigenvalue weighted by Gasteiger charge is -2.21. The average molecular weight is 284 g/mol. The van der Waals surface area contributed by atoms with Crippen LogP contribution in [0.5, 0.6) is 0 Å². The molecule has 104 valence electrons. The molecule has 0 fully saturated rings. The molecule has 0 saturated carbocycles. The maximum atomic E-state index is 12.2. The third-order valence-corrected chi connectivity index (χ3v) is 2.78. The first-order valence-corrected chi connectivity index (χ1v) is 6.51. The second-order valence-electron chi connectivity index (χ2n) is 4.40. The van der Waals surface area contributed by atoms with Crippen molar-refractivity contribution in [2.45, 2.75) is 26.8 Å². The van der Waals surface area contributed by atoms with Crippen LogP contribution in [0.1, 0.15) is 31.1 Å². The summed E-state index contributed by atoms with van der Waals surface area (Å²) < 4.78 is 0. The van der Waals surface area contributed by atoms with Crippen molar-refractivity contribution >= 4 is 23.4 Å². The van der Waals surface area contributed by atoms with Gasteiger partial charge in [-0.15, -0.1) is 0 Å². The lowest BCUT2D eigenvalue weighted by atomic mass is 10.2.